The Morgan fingerprint density at radius 3 is 2.48 bits per heavy atom. The first-order chi connectivity index (χ1) is 11.0. The van der Waals surface area contributed by atoms with Crippen molar-refractivity contribution in [3.63, 3.8) is 0 Å². The number of aromatic nitrogens is 2. The maximum atomic E-state index is 2.60. The van der Waals surface area contributed by atoms with Crippen LogP contribution in [0.3, 0.4) is 0 Å². The molecule has 23 heavy (non-hydrogen) atoms. The van der Waals surface area contributed by atoms with Crippen molar-refractivity contribution in [2.45, 2.75) is 64.8 Å². The highest BCUT2D eigenvalue weighted by Crippen LogP contribution is 2.38. The van der Waals surface area contributed by atoms with Gasteiger partial charge in [-0.15, -0.1) is 0 Å². The molecule has 1 aromatic heterocycles. The lowest BCUT2D eigenvalue weighted by molar-refractivity contribution is -0.749. The summed E-state index contributed by atoms with van der Waals surface area (Å²) in [6, 6.07) is 8.80. The molecule has 1 aromatic carbocycles. The molecule has 0 atom stereocenters. The van der Waals surface area contributed by atoms with E-state index in [1.807, 2.05) is 0 Å². The third kappa shape index (κ3) is 2.11. The van der Waals surface area contributed by atoms with Gasteiger partial charge >= 0.3 is 0 Å². The summed E-state index contributed by atoms with van der Waals surface area (Å²) in [4.78, 5) is 0. The minimum absolute atomic E-state index is 0.0753. The van der Waals surface area contributed by atoms with Crippen LogP contribution < -0.4 is 4.57 Å². The van der Waals surface area contributed by atoms with E-state index in [9.17, 15) is 0 Å². The lowest BCUT2D eigenvalue weighted by atomic mass is 10.0. The molecule has 4 rings (SSSR count). The molecule has 0 unspecified atom stereocenters. The van der Waals surface area contributed by atoms with E-state index in [2.05, 4.69) is 73.2 Å². The zero-order valence-electron chi connectivity index (χ0n) is 14.8. The van der Waals surface area contributed by atoms with Gasteiger partial charge in [0.25, 0.3) is 5.82 Å². The molecule has 0 N–H and O–H groups in total. The molecule has 0 radical (unpaired) electrons. The van der Waals surface area contributed by atoms with E-state index < -0.39 is 0 Å². The van der Waals surface area contributed by atoms with E-state index in [1.165, 1.54) is 54.1 Å². The predicted octanol–water partition coefficient (Wildman–Crippen LogP) is 4.80. The number of rotatable bonds is 2. The number of benzene rings is 1. The molecule has 2 heterocycles. The summed E-state index contributed by atoms with van der Waals surface area (Å²) in [7, 11) is 0. The first-order valence-corrected chi connectivity index (χ1v) is 8.93. The molecule has 1 saturated carbocycles. The highest BCUT2D eigenvalue weighted by Gasteiger charge is 2.43. The van der Waals surface area contributed by atoms with Crippen molar-refractivity contribution in [2.75, 3.05) is 0 Å². The Morgan fingerprint density at radius 2 is 1.78 bits per heavy atom. The molecule has 2 nitrogen and oxygen atoms in total. The summed E-state index contributed by atoms with van der Waals surface area (Å²) in [6.07, 6.45) is 10.1. The highest BCUT2D eigenvalue weighted by atomic mass is 15.2. The summed E-state index contributed by atoms with van der Waals surface area (Å²) in [5.41, 5.74) is 5.54. The average Bonchev–Trinajstić information content (AvgIpc) is 3.19. The van der Waals surface area contributed by atoms with Gasteiger partial charge in [-0.2, -0.15) is 4.57 Å². The highest BCUT2D eigenvalue weighted by molar-refractivity contribution is 5.53. The van der Waals surface area contributed by atoms with Crippen molar-refractivity contribution < 1.29 is 4.57 Å². The Kier molecular flexibility index (Phi) is 3.26. The summed E-state index contributed by atoms with van der Waals surface area (Å²) in [5.74, 6) is 2.19. The SMILES string of the molecule is Cc1ccccc1-n1c(C)c2[n+](c1C1CCCC1)C(C)(C)C=C2. The standard InChI is InChI=1S/C21H27N2/c1-15-9-5-8-12-18(15)22-16(2)19-13-14-21(3,4)23(19)20(22)17-10-6-7-11-17/h5,8-9,12-14,17H,6-7,10-11H2,1-4H3/q+1. The van der Waals surface area contributed by atoms with E-state index in [1.54, 1.807) is 0 Å². The van der Waals surface area contributed by atoms with Crippen molar-refractivity contribution >= 4 is 6.08 Å². The third-order valence-corrected chi connectivity index (χ3v) is 5.71. The molecule has 0 saturated heterocycles. The van der Waals surface area contributed by atoms with Gasteiger partial charge in [-0.25, -0.2) is 4.57 Å². The second-order valence-corrected chi connectivity index (χ2v) is 7.75. The lowest BCUT2D eigenvalue weighted by Crippen LogP contribution is -2.53. The Morgan fingerprint density at radius 1 is 1.09 bits per heavy atom. The number of aryl methyl sites for hydroxylation is 1. The Bertz CT molecular complexity index is 786. The van der Waals surface area contributed by atoms with Crippen LogP contribution in [0.4, 0.5) is 0 Å². The van der Waals surface area contributed by atoms with Crippen LogP contribution in [-0.2, 0) is 5.54 Å². The van der Waals surface area contributed by atoms with Gasteiger partial charge < -0.3 is 0 Å². The molecule has 0 bridgehead atoms. The number of para-hydroxylation sites is 1. The van der Waals surface area contributed by atoms with E-state index in [4.69, 9.17) is 0 Å². The molecule has 1 fully saturated rings. The maximum absolute atomic E-state index is 2.60. The molecule has 1 aliphatic heterocycles. The van der Waals surface area contributed by atoms with Crippen molar-refractivity contribution in [1.82, 2.24) is 4.57 Å². The number of fused-ring (bicyclic) bond motifs is 1. The van der Waals surface area contributed by atoms with Crippen LogP contribution in [0, 0.1) is 13.8 Å². The number of nitrogens with zero attached hydrogens (tertiary/aromatic N) is 2. The molecule has 2 aliphatic rings. The fourth-order valence-electron chi connectivity index (χ4n) is 4.50. The number of hydrogen-bond donors (Lipinski definition) is 0. The van der Waals surface area contributed by atoms with E-state index >= 15 is 0 Å². The largest absolute Gasteiger partial charge is 0.266 e. The fourth-order valence-corrected chi connectivity index (χ4v) is 4.50. The van der Waals surface area contributed by atoms with Crippen LogP contribution in [0.2, 0.25) is 0 Å². The van der Waals surface area contributed by atoms with Crippen molar-refractivity contribution in [1.29, 1.82) is 0 Å². The average molecular weight is 307 g/mol. The first-order valence-electron chi connectivity index (χ1n) is 8.93. The van der Waals surface area contributed by atoms with Gasteiger partial charge in [0.15, 0.2) is 11.4 Å². The van der Waals surface area contributed by atoms with Crippen LogP contribution in [0.5, 0.6) is 0 Å². The normalized spacial score (nSPS) is 19.5. The van der Waals surface area contributed by atoms with Crippen LogP contribution in [0.1, 0.15) is 68.2 Å². The number of allylic oxidation sites excluding steroid dienone is 1. The molecule has 1 aliphatic carbocycles. The minimum atomic E-state index is 0.0753. The van der Waals surface area contributed by atoms with Gasteiger partial charge in [-0.1, -0.05) is 31.0 Å². The number of hydrogen-bond acceptors (Lipinski definition) is 0. The second kappa shape index (κ2) is 5.09. The Labute approximate surface area is 139 Å². The summed E-state index contributed by atoms with van der Waals surface area (Å²) in [6.45, 7) is 9.17. The van der Waals surface area contributed by atoms with Gasteiger partial charge in [0.2, 0.25) is 0 Å². The predicted molar refractivity (Wildman–Crippen MR) is 95.0 cm³/mol. The smallest absolute Gasteiger partial charge is 0.218 e. The molecule has 2 aromatic rings. The lowest BCUT2D eigenvalue weighted by Gasteiger charge is -2.19. The maximum Gasteiger partial charge on any atom is 0.266 e. The third-order valence-electron chi connectivity index (χ3n) is 5.71. The van der Waals surface area contributed by atoms with Gasteiger partial charge in [-0.05, 0) is 57.4 Å². The molecule has 0 amide bonds. The van der Waals surface area contributed by atoms with Crippen LogP contribution in [0.25, 0.3) is 11.8 Å². The van der Waals surface area contributed by atoms with E-state index in [0.717, 1.165) is 0 Å². The zero-order valence-corrected chi connectivity index (χ0v) is 14.8. The zero-order chi connectivity index (χ0) is 16.2. The van der Waals surface area contributed by atoms with Crippen LogP contribution in [0.15, 0.2) is 30.3 Å². The fraction of sp³-hybridized carbons (Fsp3) is 0.476. The molecular formula is C21H27N2+. The van der Waals surface area contributed by atoms with Gasteiger partial charge in [0.1, 0.15) is 11.2 Å². The Hall–Kier alpha value is -1.83. The molecule has 120 valence electrons. The summed E-state index contributed by atoms with van der Waals surface area (Å²) < 4.78 is 5.15. The summed E-state index contributed by atoms with van der Waals surface area (Å²) in [5, 5.41) is 0. The first kappa shape index (κ1) is 14.7. The van der Waals surface area contributed by atoms with Crippen LogP contribution in [-0.4, -0.2) is 4.57 Å². The van der Waals surface area contributed by atoms with Crippen LogP contribution >= 0.6 is 0 Å². The van der Waals surface area contributed by atoms with Crippen molar-refractivity contribution in [3.05, 3.63) is 53.1 Å². The second-order valence-electron chi connectivity index (χ2n) is 7.75. The van der Waals surface area contributed by atoms with E-state index in [-0.39, 0.29) is 5.54 Å². The van der Waals surface area contributed by atoms with Gasteiger partial charge in [0, 0.05) is 6.92 Å². The molecule has 0 spiro atoms. The Balaban J connectivity index is 2.03. The van der Waals surface area contributed by atoms with Crippen molar-refractivity contribution in [3.8, 4) is 5.69 Å². The van der Waals surface area contributed by atoms with E-state index in [0.29, 0.717) is 5.92 Å². The van der Waals surface area contributed by atoms with Crippen molar-refractivity contribution in [2.24, 2.45) is 0 Å². The quantitative estimate of drug-likeness (QED) is 0.705. The van der Waals surface area contributed by atoms with Gasteiger partial charge in [0.05, 0.1) is 5.92 Å². The minimum Gasteiger partial charge on any atom is -0.218 e. The molecular weight excluding hydrogens is 280 g/mol. The topological polar surface area (TPSA) is 8.81 Å². The summed E-state index contributed by atoms with van der Waals surface area (Å²) >= 11 is 0. The number of imidazole rings is 1. The monoisotopic (exact) mass is 307 g/mol. The van der Waals surface area contributed by atoms with Gasteiger partial charge in [-0.3, -0.25) is 0 Å². The molecule has 2 heteroatoms.